The van der Waals surface area contributed by atoms with Gasteiger partial charge in [-0.25, -0.2) is 0 Å². The van der Waals surface area contributed by atoms with Gasteiger partial charge >= 0.3 is 0 Å². The maximum absolute atomic E-state index is 11.8. The van der Waals surface area contributed by atoms with Crippen LogP contribution in [0.2, 0.25) is 4.34 Å². The Balaban J connectivity index is 2.12. The number of carbonyl (C=O) groups is 1. The van der Waals surface area contributed by atoms with E-state index < -0.39 is 0 Å². The van der Waals surface area contributed by atoms with Crippen LogP contribution < -0.4 is 5.32 Å². The monoisotopic (exact) mass is 267 g/mol. The number of aliphatic hydroxyl groups is 1. The van der Waals surface area contributed by atoms with E-state index in [9.17, 15) is 4.79 Å². The summed E-state index contributed by atoms with van der Waals surface area (Å²) in [7, 11) is 0. The molecule has 0 aliphatic heterocycles. The van der Waals surface area contributed by atoms with Gasteiger partial charge in [0, 0.05) is 5.69 Å². The first kappa shape index (κ1) is 12.1. The molecular formula is C12H10ClNO2S. The first-order valence-electron chi connectivity index (χ1n) is 4.95. The lowest BCUT2D eigenvalue weighted by molar-refractivity contribution is 0.103. The Morgan fingerprint density at radius 2 is 2.18 bits per heavy atom. The second-order valence-corrected chi connectivity index (χ2v) is 5.13. The summed E-state index contributed by atoms with van der Waals surface area (Å²) in [5.41, 5.74) is 1.41. The van der Waals surface area contributed by atoms with Crippen molar-refractivity contribution < 1.29 is 9.90 Å². The van der Waals surface area contributed by atoms with E-state index in [1.165, 1.54) is 11.3 Å². The number of hydrogen-bond acceptors (Lipinski definition) is 3. The van der Waals surface area contributed by atoms with Crippen molar-refractivity contribution in [2.45, 2.75) is 6.61 Å². The fourth-order valence-corrected chi connectivity index (χ4v) is 2.31. The van der Waals surface area contributed by atoms with Crippen molar-refractivity contribution in [3.8, 4) is 0 Å². The van der Waals surface area contributed by atoms with Crippen LogP contribution in [0.1, 0.15) is 15.2 Å². The van der Waals surface area contributed by atoms with E-state index >= 15 is 0 Å². The fraction of sp³-hybridized carbons (Fsp3) is 0.0833. The molecule has 0 saturated heterocycles. The van der Waals surface area contributed by atoms with Crippen LogP contribution in [0.25, 0.3) is 0 Å². The molecule has 0 spiro atoms. The van der Waals surface area contributed by atoms with Crippen molar-refractivity contribution in [2.24, 2.45) is 0 Å². The van der Waals surface area contributed by atoms with Crippen molar-refractivity contribution in [1.82, 2.24) is 0 Å². The van der Waals surface area contributed by atoms with E-state index in [0.717, 1.165) is 5.56 Å². The van der Waals surface area contributed by atoms with Crippen molar-refractivity contribution in [3.05, 3.63) is 51.2 Å². The van der Waals surface area contributed by atoms with Crippen molar-refractivity contribution in [2.75, 3.05) is 5.32 Å². The van der Waals surface area contributed by atoms with Gasteiger partial charge in [0.05, 0.1) is 15.8 Å². The molecule has 0 fully saturated rings. The Labute approximate surface area is 108 Å². The van der Waals surface area contributed by atoms with Gasteiger partial charge in [-0.2, -0.15) is 0 Å². The van der Waals surface area contributed by atoms with Crippen LogP contribution in [0.3, 0.4) is 0 Å². The van der Waals surface area contributed by atoms with Gasteiger partial charge in [0.15, 0.2) is 0 Å². The van der Waals surface area contributed by atoms with E-state index in [1.807, 2.05) is 0 Å². The van der Waals surface area contributed by atoms with E-state index in [4.69, 9.17) is 16.7 Å². The predicted octanol–water partition coefficient (Wildman–Crippen LogP) is 3.15. The highest BCUT2D eigenvalue weighted by Gasteiger charge is 2.08. The van der Waals surface area contributed by atoms with Gasteiger partial charge in [-0.3, -0.25) is 4.79 Å². The molecule has 0 aliphatic rings. The Bertz CT molecular complexity index is 539. The van der Waals surface area contributed by atoms with Crippen LogP contribution in [0.5, 0.6) is 0 Å². The van der Waals surface area contributed by atoms with E-state index in [0.29, 0.717) is 14.9 Å². The van der Waals surface area contributed by atoms with Gasteiger partial charge < -0.3 is 10.4 Å². The van der Waals surface area contributed by atoms with Gasteiger partial charge in [0.25, 0.3) is 5.91 Å². The van der Waals surface area contributed by atoms with Gasteiger partial charge in [-0.05, 0) is 29.8 Å². The molecule has 1 aromatic carbocycles. The molecular weight excluding hydrogens is 258 g/mol. The minimum absolute atomic E-state index is 0.0471. The Morgan fingerprint density at radius 1 is 1.35 bits per heavy atom. The number of amides is 1. The minimum atomic E-state index is -0.197. The number of carbonyl (C=O) groups excluding carboxylic acids is 1. The van der Waals surface area contributed by atoms with Crippen LogP contribution in [-0.4, -0.2) is 11.0 Å². The highest BCUT2D eigenvalue weighted by Crippen LogP contribution is 2.22. The number of hydrogen-bond donors (Lipinski definition) is 2. The molecule has 2 aromatic rings. The first-order valence-corrected chi connectivity index (χ1v) is 6.15. The molecule has 0 bridgehead atoms. The van der Waals surface area contributed by atoms with Crippen molar-refractivity contribution in [3.63, 3.8) is 0 Å². The van der Waals surface area contributed by atoms with Crippen LogP contribution in [0.15, 0.2) is 36.4 Å². The van der Waals surface area contributed by atoms with E-state index in [1.54, 1.807) is 36.4 Å². The molecule has 0 atom stereocenters. The smallest absolute Gasteiger partial charge is 0.265 e. The summed E-state index contributed by atoms with van der Waals surface area (Å²) in [6.45, 7) is -0.0471. The molecule has 0 aliphatic carbocycles. The third-order valence-corrected chi connectivity index (χ3v) is 3.39. The van der Waals surface area contributed by atoms with Crippen LogP contribution >= 0.6 is 22.9 Å². The largest absolute Gasteiger partial charge is 0.392 e. The molecule has 0 unspecified atom stereocenters. The number of thiophene rings is 1. The van der Waals surface area contributed by atoms with E-state index in [2.05, 4.69) is 5.32 Å². The third kappa shape index (κ3) is 3.06. The number of rotatable bonds is 3. The quantitative estimate of drug-likeness (QED) is 0.898. The van der Waals surface area contributed by atoms with Gasteiger partial charge in [0.1, 0.15) is 0 Å². The highest BCUT2D eigenvalue weighted by atomic mass is 35.5. The molecule has 17 heavy (non-hydrogen) atoms. The van der Waals surface area contributed by atoms with Crippen LogP contribution in [0, 0.1) is 0 Å². The summed E-state index contributed by atoms with van der Waals surface area (Å²) in [6, 6.07) is 10.4. The van der Waals surface area contributed by atoms with Crippen molar-refractivity contribution in [1.29, 1.82) is 0 Å². The third-order valence-electron chi connectivity index (χ3n) is 2.16. The fourth-order valence-electron chi connectivity index (χ4n) is 1.38. The topological polar surface area (TPSA) is 49.3 Å². The first-order chi connectivity index (χ1) is 8.19. The zero-order valence-corrected chi connectivity index (χ0v) is 10.4. The number of halogens is 1. The second kappa shape index (κ2) is 5.31. The summed E-state index contributed by atoms with van der Waals surface area (Å²) < 4.78 is 0.583. The van der Waals surface area contributed by atoms with Gasteiger partial charge in [0.2, 0.25) is 0 Å². The maximum Gasteiger partial charge on any atom is 0.265 e. The molecule has 0 radical (unpaired) electrons. The molecule has 1 aromatic heterocycles. The summed E-state index contributed by atoms with van der Waals surface area (Å²) >= 11 is 6.99. The lowest BCUT2D eigenvalue weighted by Gasteiger charge is -2.04. The maximum atomic E-state index is 11.8. The number of aliphatic hydroxyl groups excluding tert-OH is 1. The SMILES string of the molecule is O=C(Nc1cccc(CO)c1)c1ccc(Cl)s1. The van der Waals surface area contributed by atoms with Crippen LogP contribution in [0.4, 0.5) is 5.69 Å². The van der Waals surface area contributed by atoms with Gasteiger partial charge in [-0.1, -0.05) is 23.7 Å². The number of anilines is 1. The average molecular weight is 268 g/mol. The molecule has 2 N–H and O–H groups in total. The zero-order chi connectivity index (χ0) is 12.3. The molecule has 88 valence electrons. The summed E-state index contributed by atoms with van der Waals surface area (Å²) in [6.07, 6.45) is 0. The Kier molecular flexibility index (Phi) is 3.78. The molecule has 0 saturated carbocycles. The standard InChI is InChI=1S/C12H10ClNO2S/c13-11-5-4-10(17-11)12(16)14-9-3-1-2-8(6-9)7-15/h1-6,15H,7H2,(H,14,16). The molecule has 1 amide bonds. The summed E-state index contributed by atoms with van der Waals surface area (Å²) in [5, 5.41) is 11.7. The second-order valence-electron chi connectivity index (χ2n) is 3.42. The van der Waals surface area contributed by atoms with E-state index in [-0.39, 0.29) is 12.5 Å². The Morgan fingerprint density at radius 3 is 2.82 bits per heavy atom. The predicted molar refractivity (Wildman–Crippen MR) is 69.6 cm³/mol. The Hall–Kier alpha value is -1.36. The normalized spacial score (nSPS) is 10.2. The average Bonchev–Trinajstić information content (AvgIpc) is 2.76. The van der Waals surface area contributed by atoms with Crippen molar-refractivity contribution >= 4 is 34.5 Å². The lowest BCUT2D eigenvalue weighted by atomic mass is 10.2. The summed E-state index contributed by atoms with van der Waals surface area (Å²) in [5.74, 6) is -0.197. The minimum Gasteiger partial charge on any atom is -0.392 e. The lowest BCUT2D eigenvalue weighted by Crippen LogP contribution is -2.10. The molecule has 5 heteroatoms. The molecule has 3 nitrogen and oxygen atoms in total. The highest BCUT2D eigenvalue weighted by molar-refractivity contribution is 7.18. The van der Waals surface area contributed by atoms with Crippen LogP contribution in [-0.2, 0) is 6.61 Å². The number of nitrogens with one attached hydrogen (secondary N) is 1. The van der Waals surface area contributed by atoms with Gasteiger partial charge in [-0.15, -0.1) is 11.3 Å². The number of benzene rings is 1. The zero-order valence-electron chi connectivity index (χ0n) is 8.81. The molecule has 2 rings (SSSR count). The molecule has 1 heterocycles. The summed E-state index contributed by atoms with van der Waals surface area (Å²) in [4.78, 5) is 12.4.